The molecule has 0 aromatic heterocycles. The van der Waals surface area contributed by atoms with Crippen molar-refractivity contribution in [3.8, 4) is 11.5 Å². The Hall–Kier alpha value is -0.0200. The van der Waals surface area contributed by atoms with Crippen LogP contribution in [0.25, 0.3) is 0 Å². The summed E-state index contributed by atoms with van der Waals surface area (Å²) in [5, 5.41) is 1.90. The first kappa shape index (κ1) is 15.4. The van der Waals surface area contributed by atoms with E-state index in [1.54, 1.807) is 0 Å². The Kier molecular flexibility index (Phi) is 4.99. The summed E-state index contributed by atoms with van der Waals surface area (Å²) in [5.41, 5.74) is 0. The quantitative estimate of drug-likeness (QED) is 0.496. The van der Waals surface area contributed by atoms with Crippen LogP contribution in [0.3, 0.4) is 0 Å². The molecule has 0 amide bonds. The van der Waals surface area contributed by atoms with Gasteiger partial charge in [-0.15, -0.1) is 0 Å². The topological polar surface area (TPSA) is 9.23 Å². The Morgan fingerprint density at radius 2 is 0.789 bits per heavy atom. The molecule has 0 aliphatic heterocycles. The predicted octanol–water partition coefficient (Wildman–Crippen LogP) is 7.40. The molecule has 0 spiro atoms. The van der Waals surface area contributed by atoms with Gasteiger partial charge in [0.05, 0.1) is 30.1 Å². The lowest BCUT2D eigenvalue weighted by molar-refractivity contribution is 0.483. The van der Waals surface area contributed by atoms with Crippen LogP contribution in [-0.2, 0) is 0 Å². The Morgan fingerprint density at radius 1 is 0.474 bits per heavy atom. The van der Waals surface area contributed by atoms with E-state index in [0.29, 0.717) is 41.6 Å². The second kappa shape index (κ2) is 6.17. The fourth-order valence-electron chi connectivity index (χ4n) is 1.28. The molecule has 0 N–H and O–H groups in total. The third-order valence-electron chi connectivity index (χ3n) is 2.17. The monoisotopic (exact) mass is 374 g/mol. The molecule has 19 heavy (non-hydrogen) atoms. The van der Waals surface area contributed by atoms with E-state index < -0.39 is 0 Å². The highest BCUT2D eigenvalue weighted by molar-refractivity contribution is 6.44. The van der Waals surface area contributed by atoms with Crippen molar-refractivity contribution < 1.29 is 4.74 Å². The fraction of sp³-hybridized carbons (Fsp3) is 0. The van der Waals surface area contributed by atoms with Gasteiger partial charge in [0.15, 0.2) is 0 Å². The smallest absolute Gasteiger partial charge is 0.147 e. The normalized spacial score (nSPS) is 10.6. The Balaban J connectivity index is 2.42. The molecule has 0 aliphatic rings. The molecule has 2 aromatic carbocycles. The van der Waals surface area contributed by atoms with Gasteiger partial charge in [-0.2, -0.15) is 0 Å². The van der Waals surface area contributed by atoms with Gasteiger partial charge in [0, 0.05) is 12.1 Å². The van der Waals surface area contributed by atoms with Crippen molar-refractivity contribution in [1.82, 2.24) is 0 Å². The van der Waals surface area contributed by atoms with E-state index in [1.807, 2.05) is 0 Å². The minimum Gasteiger partial charge on any atom is -0.454 e. The molecule has 0 aliphatic carbocycles. The molecule has 0 radical (unpaired) electrons. The Labute approximate surface area is 139 Å². The van der Waals surface area contributed by atoms with Gasteiger partial charge in [-0.05, 0) is 12.1 Å². The van der Waals surface area contributed by atoms with Crippen LogP contribution < -0.4 is 4.74 Å². The summed E-state index contributed by atoms with van der Waals surface area (Å²) in [4.78, 5) is 0. The summed E-state index contributed by atoms with van der Waals surface area (Å²) in [6.45, 7) is 0. The summed E-state index contributed by atoms with van der Waals surface area (Å²) >= 11 is 35.5. The van der Waals surface area contributed by atoms with E-state index >= 15 is 0 Å². The number of ether oxygens (including phenoxy) is 1. The van der Waals surface area contributed by atoms with Crippen LogP contribution in [-0.4, -0.2) is 0 Å². The third-order valence-corrected chi connectivity index (χ3v) is 4.20. The van der Waals surface area contributed by atoms with E-state index in [4.69, 9.17) is 74.3 Å². The molecule has 100 valence electrons. The minimum atomic E-state index is 0.302. The van der Waals surface area contributed by atoms with Gasteiger partial charge in [-0.1, -0.05) is 69.6 Å². The molecule has 0 atom stereocenters. The van der Waals surface area contributed by atoms with Crippen LogP contribution in [0.5, 0.6) is 11.5 Å². The summed E-state index contributed by atoms with van der Waals surface area (Å²) < 4.78 is 5.56. The first-order valence-electron chi connectivity index (χ1n) is 4.85. The molecular weight excluding hydrogens is 373 g/mol. The third kappa shape index (κ3) is 3.55. The maximum absolute atomic E-state index is 6.00. The zero-order valence-electron chi connectivity index (χ0n) is 8.99. The van der Waals surface area contributed by atoms with Gasteiger partial charge in [0.2, 0.25) is 0 Å². The lowest BCUT2D eigenvalue weighted by Gasteiger charge is -2.11. The van der Waals surface area contributed by atoms with Crippen molar-refractivity contribution >= 4 is 69.6 Å². The van der Waals surface area contributed by atoms with E-state index in [1.165, 1.54) is 24.3 Å². The number of halogens is 6. The van der Waals surface area contributed by atoms with Gasteiger partial charge in [-0.25, -0.2) is 0 Å². The molecule has 2 aromatic rings. The SMILES string of the molecule is Clc1cc(Cl)c(Oc2cc(Cl)c(Cl)cc2Cl)cc1Cl. The van der Waals surface area contributed by atoms with Crippen molar-refractivity contribution in [3.63, 3.8) is 0 Å². The molecule has 0 fully saturated rings. The molecule has 0 saturated heterocycles. The van der Waals surface area contributed by atoms with E-state index in [9.17, 15) is 0 Å². The average Bonchev–Trinajstić information content (AvgIpc) is 2.32. The van der Waals surface area contributed by atoms with Crippen LogP contribution in [0.2, 0.25) is 30.1 Å². The van der Waals surface area contributed by atoms with Crippen molar-refractivity contribution in [2.75, 3.05) is 0 Å². The number of rotatable bonds is 2. The molecule has 2 rings (SSSR count). The Bertz CT molecular complexity index is 585. The molecule has 1 nitrogen and oxygen atoms in total. The lowest BCUT2D eigenvalue weighted by atomic mass is 10.3. The van der Waals surface area contributed by atoms with Gasteiger partial charge in [0.1, 0.15) is 11.5 Å². The van der Waals surface area contributed by atoms with Gasteiger partial charge < -0.3 is 4.74 Å². The molecule has 0 saturated carbocycles. The molecule has 7 heteroatoms. The second-order valence-electron chi connectivity index (χ2n) is 3.50. The van der Waals surface area contributed by atoms with E-state index in [0.717, 1.165) is 0 Å². The highest BCUT2D eigenvalue weighted by Gasteiger charge is 2.12. The molecule has 0 unspecified atom stereocenters. The number of benzene rings is 2. The van der Waals surface area contributed by atoms with E-state index in [-0.39, 0.29) is 0 Å². The van der Waals surface area contributed by atoms with Gasteiger partial charge in [-0.3, -0.25) is 0 Å². The Morgan fingerprint density at radius 3 is 1.16 bits per heavy atom. The van der Waals surface area contributed by atoms with Gasteiger partial charge in [0.25, 0.3) is 0 Å². The maximum Gasteiger partial charge on any atom is 0.147 e. The highest BCUT2D eigenvalue weighted by atomic mass is 35.5. The number of hydrogen-bond acceptors (Lipinski definition) is 1. The zero-order valence-corrected chi connectivity index (χ0v) is 13.5. The largest absolute Gasteiger partial charge is 0.454 e. The van der Waals surface area contributed by atoms with Crippen molar-refractivity contribution in [2.45, 2.75) is 0 Å². The zero-order chi connectivity index (χ0) is 14.2. The molecule has 0 bridgehead atoms. The lowest BCUT2D eigenvalue weighted by Crippen LogP contribution is -1.88. The van der Waals surface area contributed by atoms with Crippen molar-refractivity contribution in [3.05, 3.63) is 54.4 Å². The predicted molar refractivity (Wildman–Crippen MR) is 83.0 cm³/mol. The summed E-state index contributed by atoms with van der Waals surface area (Å²) in [5.74, 6) is 0.632. The number of hydrogen-bond donors (Lipinski definition) is 0. The average molecular weight is 377 g/mol. The first-order valence-corrected chi connectivity index (χ1v) is 7.12. The van der Waals surface area contributed by atoms with Crippen LogP contribution in [0.1, 0.15) is 0 Å². The summed E-state index contributed by atoms with van der Waals surface area (Å²) in [6, 6.07) is 5.94. The highest BCUT2D eigenvalue weighted by Crippen LogP contribution is 2.40. The van der Waals surface area contributed by atoms with E-state index in [2.05, 4.69) is 0 Å². The first-order chi connectivity index (χ1) is 8.88. The standard InChI is InChI=1S/C12H4Cl6O/c13-5-1-9(17)11(3-7(5)15)19-12-4-8(16)6(14)2-10(12)18/h1-4H. The summed E-state index contributed by atoms with van der Waals surface area (Å²) in [7, 11) is 0. The van der Waals surface area contributed by atoms with Crippen LogP contribution in [0.15, 0.2) is 24.3 Å². The fourth-order valence-corrected chi connectivity index (χ4v) is 2.43. The van der Waals surface area contributed by atoms with Gasteiger partial charge >= 0.3 is 0 Å². The van der Waals surface area contributed by atoms with Crippen LogP contribution in [0, 0.1) is 0 Å². The van der Waals surface area contributed by atoms with Crippen LogP contribution in [0.4, 0.5) is 0 Å². The minimum absolute atomic E-state index is 0.302. The van der Waals surface area contributed by atoms with Crippen LogP contribution >= 0.6 is 69.6 Å². The van der Waals surface area contributed by atoms with Crippen molar-refractivity contribution in [2.24, 2.45) is 0 Å². The second-order valence-corrected chi connectivity index (χ2v) is 5.94. The molecular formula is C12H4Cl6O. The summed E-state index contributed by atoms with van der Waals surface area (Å²) in [6.07, 6.45) is 0. The molecule has 0 heterocycles. The maximum atomic E-state index is 6.00. The van der Waals surface area contributed by atoms with Crippen molar-refractivity contribution in [1.29, 1.82) is 0 Å².